The number of phenolic OH excluding ortho intramolecular Hbond substituents is 1. The fourth-order valence-corrected chi connectivity index (χ4v) is 7.23. The Hall–Kier alpha value is -4.40. The second kappa shape index (κ2) is 11.0. The van der Waals surface area contributed by atoms with Crippen LogP contribution in [-0.2, 0) is 5.41 Å². The monoisotopic (exact) mass is 597 g/mol. The first-order valence-corrected chi connectivity index (χ1v) is 15.2. The minimum absolute atomic E-state index is 0.125. The molecule has 11 heteroatoms. The minimum Gasteiger partial charge on any atom is -0.506 e. The Morgan fingerprint density at radius 3 is 2.60 bits per heavy atom. The van der Waals surface area contributed by atoms with E-state index in [1.165, 1.54) is 11.3 Å². The number of methoxy groups -OCH3 is 1. The summed E-state index contributed by atoms with van der Waals surface area (Å²) in [5.41, 5.74) is 4.02. The predicted octanol–water partition coefficient (Wildman–Crippen LogP) is 6.45. The van der Waals surface area contributed by atoms with E-state index in [0.717, 1.165) is 43.7 Å². The van der Waals surface area contributed by atoms with Crippen LogP contribution in [0.2, 0.25) is 0 Å². The highest BCUT2D eigenvalue weighted by atomic mass is 32.1. The van der Waals surface area contributed by atoms with Crippen LogP contribution in [0.5, 0.6) is 11.6 Å². The van der Waals surface area contributed by atoms with Crippen molar-refractivity contribution in [3.63, 3.8) is 0 Å². The van der Waals surface area contributed by atoms with Crippen molar-refractivity contribution in [3.05, 3.63) is 59.7 Å². The molecule has 0 unspecified atom stereocenters. The highest BCUT2D eigenvalue weighted by Gasteiger charge is 2.48. The molecule has 0 atom stereocenters. The van der Waals surface area contributed by atoms with Gasteiger partial charge in [-0.3, -0.25) is 5.32 Å². The molecule has 4 aromatic rings. The zero-order valence-corrected chi connectivity index (χ0v) is 25.6. The van der Waals surface area contributed by atoms with E-state index in [1.807, 2.05) is 24.3 Å². The summed E-state index contributed by atoms with van der Waals surface area (Å²) >= 11 is 1.26. The number of aromatic hydroxyl groups is 1. The van der Waals surface area contributed by atoms with E-state index < -0.39 is 6.03 Å². The number of nitriles is 1. The number of aromatic nitrogens is 2. The molecule has 1 saturated heterocycles. The third-order valence-corrected chi connectivity index (χ3v) is 9.03. The quantitative estimate of drug-likeness (QED) is 0.240. The first-order valence-electron chi connectivity index (χ1n) is 14.3. The van der Waals surface area contributed by atoms with Crippen molar-refractivity contribution in [2.45, 2.75) is 39.0 Å². The number of anilines is 4. The van der Waals surface area contributed by atoms with Gasteiger partial charge in [0.15, 0.2) is 5.13 Å². The number of hydrogen-bond acceptors (Lipinski definition) is 9. The van der Waals surface area contributed by atoms with Gasteiger partial charge in [0, 0.05) is 30.1 Å². The maximum Gasteiger partial charge on any atom is 0.325 e. The largest absolute Gasteiger partial charge is 0.506 e. The van der Waals surface area contributed by atoms with Crippen molar-refractivity contribution in [2.75, 3.05) is 48.8 Å². The molecule has 0 bridgehead atoms. The lowest BCUT2D eigenvalue weighted by molar-refractivity contribution is 0.125. The minimum atomic E-state index is -0.446. The molecule has 2 aromatic carbocycles. The Labute approximate surface area is 254 Å². The van der Waals surface area contributed by atoms with E-state index in [-0.39, 0.29) is 16.6 Å². The van der Waals surface area contributed by atoms with Crippen molar-refractivity contribution in [2.24, 2.45) is 5.41 Å². The highest BCUT2D eigenvalue weighted by Crippen LogP contribution is 2.55. The topological polar surface area (TPSA) is 127 Å². The first kappa shape index (κ1) is 28.7. The van der Waals surface area contributed by atoms with Gasteiger partial charge in [0.25, 0.3) is 0 Å². The molecule has 0 saturated carbocycles. The summed E-state index contributed by atoms with van der Waals surface area (Å²) in [4.78, 5) is 27.3. The fourth-order valence-electron chi connectivity index (χ4n) is 6.40. The van der Waals surface area contributed by atoms with E-state index >= 15 is 0 Å². The lowest BCUT2D eigenvalue weighted by Crippen LogP contribution is -2.47. The van der Waals surface area contributed by atoms with Gasteiger partial charge < -0.3 is 25.0 Å². The van der Waals surface area contributed by atoms with Crippen molar-refractivity contribution in [1.29, 1.82) is 5.26 Å². The van der Waals surface area contributed by atoms with Crippen LogP contribution in [0.3, 0.4) is 0 Å². The summed E-state index contributed by atoms with van der Waals surface area (Å²) in [7, 11) is 1.55. The van der Waals surface area contributed by atoms with Crippen LogP contribution < -0.4 is 20.3 Å². The number of likely N-dealkylation sites (tertiary alicyclic amines) is 1. The molecule has 4 heterocycles. The normalized spacial score (nSPS) is 16.2. The number of amides is 2. The molecular weight excluding hydrogens is 562 g/mol. The number of ether oxygens (including phenoxy) is 1. The third kappa shape index (κ3) is 5.56. The predicted molar refractivity (Wildman–Crippen MR) is 170 cm³/mol. The number of carbonyl (C=O) groups excluding carboxylic acids is 1. The molecule has 0 aliphatic carbocycles. The lowest BCUT2D eigenvalue weighted by Gasteiger charge is -2.42. The van der Waals surface area contributed by atoms with Crippen molar-refractivity contribution in [3.8, 4) is 17.7 Å². The van der Waals surface area contributed by atoms with Crippen molar-refractivity contribution >= 4 is 49.9 Å². The maximum atomic E-state index is 13.2. The van der Waals surface area contributed by atoms with Gasteiger partial charge in [0.2, 0.25) is 5.88 Å². The highest BCUT2D eigenvalue weighted by molar-refractivity contribution is 7.22. The number of piperidine rings is 1. The van der Waals surface area contributed by atoms with Gasteiger partial charge >= 0.3 is 6.03 Å². The van der Waals surface area contributed by atoms with Crippen molar-refractivity contribution in [1.82, 2.24) is 14.9 Å². The molecular formula is C32H35N7O3S. The zero-order valence-electron chi connectivity index (χ0n) is 24.8. The van der Waals surface area contributed by atoms with Gasteiger partial charge in [-0.1, -0.05) is 44.2 Å². The number of rotatable bonds is 5. The van der Waals surface area contributed by atoms with Crippen LogP contribution in [0.1, 0.15) is 44.7 Å². The molecule has 222 valence electrons. The second-order valence-corrected chi connectivity index (χ2v) is 13.4. The Balaban J connectivity index is 1.29. The van der Waals surface area contributed by atoms with Crippen LogP contribution in [-0.4, -0.2) is 59.3 Å². The molecule has 2 amide bonds. The van der Waals surface area contributed by atoms with Crippen LogP contribution in [0.25, 0.3) is 10.3 Å². The van der Waals surface area contributed by atoms with Crippen LogP contribution >= 0.6 is 11.3 Å². The number of nitrogens with one attached hydrogen (secondary N) is 2. The Morgan fingerprint density at radius 1 is 1.12 bits per heavy atom. The molecule has 2 aromatic heterocycles. The first-order chi connectivity index (χ1) is 20.6. The number of nitrogens with zero attached hydrogens (tertiary/aromatic N) is 5. The van der Waals surface area contributed by atoms with Crippen molar-refractivity contribution < 1.29 is 14.6 Å². The van der Waals surface area contributed by atoms with E-state index in [2.05, 4.69) is 57.2 Å². The van der Waals surface area contributed by atoms with Gasteiger partial charge in [0.1, 0.15) is 16.1 Å². The number of fused-ring (bicyclic) bond motifs is 3. The van der Waals surface area contributed by atoms with Crippen LogP contribution in [0, 0.1) is 16.7 Å². The summed E-state index contributed by atoms with van der Waals surface area (Å²) in [5.74, 6) is 0.604. The Kier molecular flexibility index (Phi) is 7.36. The van der Waals surface area contributed by atoms with Crippen LogP contribution in [0.4, 0.5) is 27.0 Å². The summed E-state index contributed by atoms with van der Waals surface area (Å²) in [6.07, 6.45) is 1.74. The molecule has 1 fully saturated rings. The van der Waals surface area contributed by atoms with Gasteiger partial charge in [0.05, 0.1) is 35.8 Å². The zero-order chi connectivity index (χ0) is 30.4. The van der Waals surface area contributed by atoms with Gasteiger partial charge in [-0.25, -0.2) is 14.8 Å². The molecule has 10 nitrogen and oxygen atoms in total. The SMILES string of the molecule is COc1ccc2nc(NC(=O)Nc3ccccc3N3CC4(CCN(CC(C)(C)C)CC4)c4c(C#N)ccc(O)c43)sc2n1. The van der Waals surface area contributed by atoms with E-state index in [9.17, 15) is 15.2 Å². The number of hydrogen-bond donors (Lipinski definition) is 3. The second-order valence-electron chi connectivity index (χ2n) is 12.5. The van der Waals surface area contributed by atoms with E-state index in [1.54, 1.807) is 31.4 Å². The third-order valence-electron chi connectivity index (χ3n) is 8.15. The number of carbonyl (C=O) groups is 1. The fraction of sp³-hybridized carbons (Fsp3) is 0.375. The average Bonchev–Trinajstić information content (AvgIpc) is 3.53. The molecule has 3 N–H and O–H groups in total. The molecule has 1 spiro atoms. The summed E-state index contributed by atoms with van der Waals surface area (Å²) in [6, 6.07) is 16.3. The number of pyridine rings is 1. The summed E-state index contributed by atoms with van der Waals surface area (Å²) in [5, 5.41) is 27.5. The molecule has 2 aliphatic rings. The van der Waals surface area contributed by atoms with Gasteiger partial charge in [-0.15, -0.1) is 0 Å². The smallest absolute Gasteiger partial charge is 0.325 e. The summed E-state index contributed by atoms with van der Waals surface area (Å²) in [6.45, 7) is 10.2. The number of benzene rings is 2. The molecule has 6 rings (SSSR count). The maximum absolute atomic E-state index is 13.2. The van der Waals surface area contributed by atoms with Crippen LogP contribution in [0.15, 0.2) is 48.5 Å². The van der Waals surface area contributed by atoms with E-state index in [4.69, 9.17) is 4.74 Å². The number of urea groups is 1. The lowest BCUT2D eigenvalue weighted by atomic mass is 9.72. The molecule has 2 aliphatic heterocycles. The molecule has 43 heavy (non-hydrogen) atoms. The number of phenols is 1. The van der Waals surface area contributed by atoms with Gasteiger partial charge in [-0.2, -0.15) is 5.26 Å². The number of thiazole rings is 1. The van der Waals surface area contributed by atoms with Gasteiger partial charge in [-0.05, 0) is 61.7 Å². The Morgan fingerprint density at radius 2 is 1.88 bits per heavy atom. The number of para-hydroxylation sites is 2. The standard InChI is InChI=1S/C32H35N7O3S/c1-31(2,3)18-38-15-13-32(14-16-38)19-39(27-24(40)11-9-20(17-33)26(27)32)23-8-6-5-7-21(23)34-29(41)37-30-35-22-10-12-25(42-4)36-28(22)43-30/h5-12,40H,13-16,18-19H2,1-4H3,(H2,34,35,37,41). The summed E-state index contributed by atoms with van der Waals surface area (Å²) < 4.78 is 5.19. The Bertz CT molecular complexity index is 1730. The molecule has 0 radical (unpaired) electrons. The van der Waals surface area contributed by atoms with E-state index in [0.29, 0.717) is 44.8 Å². The average molecular weight is 598 g/mol.